The molecule has 0 aromatic carbocycles. The van der Waals surface area contributed by atoms with Crippen molar-refractivity contribution in [2.75, 3.05) is 20.1 Å². The van der Waals surface area contributed by atoms with Crippen LogP contribution in [-0.4, -0.2) is 30.1 Å². The molecule has 0 unspecified atom stereocenters. The van der Waals surface area contributed by atoms with Gasteiger partial charge in [-0.25, -0.2) is 0 Å². The molecule has 1 saturated carbocycles. The van der Waals surface area contributed by atoms with Crippen LogP contribution in [0.3, 0.4) is 0 Å². The van der Waals surface area contributed by atoms with Gasteiger partial charge in [0.15, 0.2) is 5.11 Å². The molecule has 0 heterocycles. The lowest BCUT2D eigenvalue weighted by molar-refractivity contribution is 0.416. The third kappa shape index (κ3) is 2.66. The molecule has 0 saturated heterocycles. The van der Waals surface area contributed by atoms with Gasteiger partial charge in [-0.1, -0.05) is 0 Å². The highest BCUT2D eigenvalue weighted by Crippen LogP contribution is 2.29. The van der Waals surface area contributed by atoms with E-state index in [1.807, 2.05) is 7.05 Å². The lowest BCUT2D eigenvalue weighted by Crippen LogP contribution is -2.38. The summed E-state index contributed by atoms with van der Waals surface area (Å²) < 4.78 is 0. The molecular weight excluding hydrogens is 156 g/mol. The molecule has 1 aliphatic rings. The predicted molar refractivity (Wildman–Crippen MR) is 51.6 cm³/mol. The first kappa shape index (κ1) is 8.78. The average Bonchev–Trinajstić information content (AvgIpc) is 2.82. The number of nitrogens with zero attached hydrogens (tertiary/aromatic N) is 1. The van der Waals surface area contributed by atoms with E-state index in [1.165, 1.54) is 12.8 Å². The van der Waals surface area contributed by atoms with Crippen LogP contribution in [0, 0.1) is 5.92 Å². The Kier molecular flexibility index (Phi) is 3.12. The second-order valence-corrected chi connectivity index (χ2v) is 3.42. The van der Waals surface area contributed by atoms with Gasteiger partial charge in [-0.2, -0.15) is 0 Å². The maximum atomic E-state index is 5.14. The average molecular weight is 172 g/mol. The van der Waals surface area contributed by atoms with Crippen LogP contribution in [0.2, 0.25) is 0 Å². The zero-order valence-corrected chi connectivity index (χ0v) is 8.08. The second-order valence-electron chi connectivity index (χ2n) is 3.04. The van der Waals surface area contributed by atoms with Crippen LogP contribution in [0.4, 0.5) is 0 Å². The highest BCUT2D eigenvalue weighted by atomic mass is 32.1. The van der Waals surface area contributed by atoms with Gasteiger partial charge < -0.3 is 10.2 Å². The van der Waals surface area contributed by atoms with E-state index in [0.717, 1.165) is 24.1 Å². The van der Waals surface area contributed by atoms with Crippen LogP contribution in [0.15, 0.2) is 0 Å². The fourth-order valence-electron chi connectivity index (χ4n) is 1.13. The molecule has 0 aliphatic heterocycles. The SMILES string of the molecule is CCN(CC1CC1)C(=S)NC. The minimum atomic E-state index is 0.888. The third-order valence-electron chi connectivity index (χ3n) is 2.06. The van der Waals surface area contributed by atoms with Crippen molar-refractivity contribution in [1.82, 2.24) is 10.2 Å². The number of hydrogen-bond acceptors (Lipinski definition) is 1. The van der Waals surface area contributed by atoms with Gasteiger partial charge >= 0.3 is 0 Å². The molecule has 11 heavy (non-hydrogen) atoms. The number of nitrogens with one attached hydrogen (secondary N) is 1. The van der Waals surface area contributed by atoms with Crippen LogP contribution < -0.4 is 5.32 Å². The molecular formula is C8H16N2S. The van der Waals surface area contributed by atoms with Gasteiger partial charge in [-0.15, -0.1) is 0 Å². The zero-order valence-electron chi connectivity index (χ0n) is 7.26. The minimum absolute atomic E-state index is 0.888. The summed E-state index contributed by atoms with van der Waals surface area (Å²) in [5, 5.41) is 3.89. The van der Waals surface area contributed by atoms with Crippen LogP contribution in [-0.2, 0) is 0 Å². The molecule has 0 amide bonds. The van der Waals surface area contributed by atoms with E-state index >= 15 is 0 Å². The number of rotatable bonds is 3. The van der Waals surface area contributed by atoms with Crippen LogP contribution in [0.5, 0.6) is 0 Å². The van der Waals surface area contributed by atoms with Crippen molar-refractivity contribution in [2.24, 2.45) is 5.92 Å². The second kappa shape index (κ2) is 3.90. The van der Waals surface area contributed by atoms with Crippen LogP contribution in [0.1, 0.15) is 19.8 Å². The van der Waals surface area contributed by atoms with Crippen molar-refractivity contribution in [2.45, 2.75) is 19.8 Å². The Labute approximate surface area is 74.0 Å². The highest BCUT2D eigenvalue weighted by molar-refractivity contribution is 7.80. The summed E-state index contributed by atoms with van der Waals surface area (Å²) in [7, 11) is 1.89. The molecule has 64 valence electrons. The number of hydrogen-bond donors (Lipinski definition) is 1. The minimum Gasteiger partial charge on any atom is -0.366 e. The molecule has 3 heteroatoms. The van der Waals surface area contributed by atoms with Crippen LogP contribution in [0.25, 0.3) is 0 Å². The summed E-state index contributed by atoms with van der Waals surface area (Å²) in [6.45, 7) is 4.32. The van der Waals surface area contributed by atoms with E-state index in [-0.39, 0.29) is 0 Å². The lowest BCUT2D eigenvalue weighted by Gasteiger charge is -2.22. The fraction of sp³-hybridized carbons (Fsp3) is 0.875. The molecule has 1 fully saturated rings. The molecule has 0 atom stereocenters. The summed E-state index contributed by atoms with van der Waals surface area (Å²) in [5.74, 6) is 0.918. The summed E-state index contributed by atoms with van der Waals surface area (Å²) in [5.41, 5.74) is 0. The quantitative estimate of drug-likeness (QED) is 0.644. The van der Waals surface area contributed by atoms with Crippen molar-refractivity contribution in [3.05, 3.63) is 0 Å². The summed E-state index contributed by atoms with van der Waals surface area (Å²) in [6.07, 6.45) is 2.78. The molecule has 0 bridgehead atoms. The third-order valence-corrected chi connectivity index (χ3v) is 2.52. The first-order valence-corrected chi connectivity index (χ1v) is 4.65. The van der Waals surface area contributed by atoms with E-state index in [1.54, 1.807) is 0 Å². The molecule has 0 aromatic rings. The van der Waals surface area contributed by atoms with Gasteiger partial charge in [0.1, 0.15) is 0 Å². The van der Waals surface area contributed by atoms with Crippen molar-refractivity contribution < 1.29 is 0 Å². The van der Waals surface area contributed by atoms with E-state index < -0.39 is 0 Å². The Hall–Kier alpha value is -0.310. The molecule has 0 radical (unpaired) electrons. The number of thiocarbonyl (C=S) groups is 1. The molecule has 0 spiro atoms. The van der Waals surface area contributed by atoms with E-state index in [0.29, 0.717) is 0 Å². The summed E-state index contributed by atoms with van der Waals surface area (Å²) >= 11 is 5.14. The van der Waals surface area contributed by atoms with Gasteiger partial charge in [-0.3, -0.25) is 0 Å². The Morgan fingerprint density at radius 3 is 2.64 bits per heavy atom. The molecule has 1 rings (SSSR count). The Bertz CT molecular complexity index is 143. The largest absolute Gasteiger partial charge is 0.366 e. The van der Waals surface area contributed by atoms with Crippen molar-refractivity contribution in [3.63, 3.8) is 0 Å². The monoisotopic (exact) mass is 172 g/mol. The van der Waals surface area contributed by atoms with Gasteiger partial charge in [0.05, 0.1) is 0 Å². The molecule has 2 nitrogen and oxygen atoms in total. The summed E-state index contributed by atoms with van der Waals surface area (Å²) in [6, 6.07) is 0. The smallest absolute Gasteiger partial charge is 0.168 e. The fourth-order valence-corrected chi connectivity index (χ4v) is 1.33. The topological polar surface area (TPSA) is 15.3 Å². The van der Waals surface area contributed by atoms with E-state index in [9.17, 15) is 0 Å². The van der Waals surface area contributed by atoms with Crippen molar-refractivity contribution >= 4 is 17.3 Å². The lowest BCUT2D eigenvalue weighted by atomic mass is 10.4. The van der Waals surface area contributed by atoms with E-state index in [2.05, 4.69) is 17.1 Å². The molecule has 1 N–H and O–H groups in total. The van der Waals surface area contributed by atoms with Crippen molar-refractivity contribution in [3.8, 4) is 0 Å². The first-order chi connectivity index (χ1) is 5.27. The van der Waals surface area contributed by atoms with Crippen LogP contribution >= 0.6 is 12.2 Å². The van der Waals surface area contributed by atoms with Gasteiger partial charge in [0.2, 0.25) is 0 Å². The highest BCUT2D eigenvalue weighted by Gasteiger charge is 2.24. The predicted octanol–water partition coefficient (Wildman–Crippen LogP) is 1.22. The normalized spacial score (nSPS) is 16.2. The van der Waals surface area contributed by atoms with E-state index in [4.69, 9.17) is 12.2 Å². The Balaban J connectivity index is 2.27. The van der Waals surface area contributed by atoms with Gasteiger partial charge in [0.25, 0.3) is 0 Å². The maximum absolute atomic E-state index is 5.14. The van der Waals surface area contributed by atoms with Gasteiger partial charge in [-0.05, 0) is 37.9 Å². The maximum Gasteiger partial charge on any atom is 0.168 e. The Morgan fingerprint density at radius 1 is 1.64 bits per heavy atom. The van der Waals surface area contributed by atoms with Gasteiger partial charge in [0, 0.05) is 20.1 Å². The zero-order chi connectivity index (χ0) is 8.27. The Morgan fingerprint density at radius 2 is 2.27 bits per heavy atom. The molecule has 0 aromatic heterocycles. The first-order valence-electron chi connectivity index (χ1n) is 4.24. The summed E-state index contributed by atoms with van der Waals surface area (Å²) in [4.78, 5) is 2.23. The molecule has 1 aliphatic carbocycles. The standard InChI is InChI=1S/C8H16N2S/c1-3-10(8(11)9-2)6-7-4-5-7/h7H,3-6H2,1-2H3,(H,9,11). The van der Waals surface area contributed by atoms with Crippen molar-refractivity contribution in [1.29, 1.82) is 0 Å².